The fraction of sp³-hybridized carbons (Fsp3) is 0.333. The number of nitrogens with zero attached hydrogens (tertiary/aromatic N) is 3. The molecule has 4 rings (SSSR count). The zero-order valence-corrected chi connectivity index (χ0v) is 13.6. The monoisotopic (exact) mass is 322 g/mol. The van der Waals surface area contributed by atoms with Gasteiger partial charge in [-0.25, -0.2) is 0 Å². The number of piperidine rings is 1. The first-order valence-corrected chi connectivity index (χ1v) is 8.45. The number of hydrogen-bond acceptors (Lipinski definition) is 5. The molecule has 6 heteroatoms. The number of nitrogens with two attached hydrogens (primary N) is 1. The van der Waals surface area contributed by atoms with Gasteiger partial charge in [-0.3, -0.25) is 0 Å². The van der Waals surface area contributed by atoms with Crippen molar-refractivity contribution in [3.63, 3.8) is 0 Å². The Morgan fingerprint density at radius 1 is 1.12 bits per heavy atom. The van der Waals surface area contributed by atoms with Crippen LogP contribution in [0.4, 0.5) is 17.5 Å². The molecule has 0 amide bonds. The maximum Gasteiger partial charge on any atom is 0.231 e. The zero-order valence-electron chi connectivity index (χ0n) is 13.6. The zero-order chi connectivity index (χ0) is 16.4. The molecular weight excluding hydrogens is 300 g/mol. The Morgan fingerprint density at radius 3 is 2.67 bits per heavy atom. The third-order valence-electron chi connectivity index (χ3n) is 4.67. The van der Waals surface area contributed by atoms with Crippen LogP contribution in [-0.2, 0) is 0 Å². The number of benzene rings is 1. The molecular formula is C18H22N6. The molecule has 0 spiro atoms. The van der Waals surface area contributed by atoms with Gasteiger partial charge in [0.25, 0.3) is 0 Å². The van der Waals surface area contributed by atoms with E-state index in [4.69, 9.17) is 10.7 Å². The largest absolute Gasteiger partial charge is 0.356 e. The number of aromatic amines is 1. The summed E-state index contributed by atoms with van der Waals surface area (Å²) in [4.78, 5) is 14.9. The standard InChI is InChI=1S/C18H22N6/c19-12-13-7-10-24(11-8-13)17-15-6-9-20-16(15)22-18(23-17)21-14-4-2-1-3-5-14/h1-6,9,13H,7-8,10-12,19H2,(H2,20,21,22,23). The van der Waals surface area contributed by atoms with Crippen LogP contribution < -0.4 is 16.0 Å². The third-order valence-corrected chi connectivity index (χ3v) is 4.67. The summed E-state index contributed by atoms with van der Waals surface area (Å²) in [7, 11) is 0. The minimum Gasteiger partial charge on any atom is -0.356 e. The number of aromatic nitrogens is 3. The molecule has 0 atom stereocenters. The van der Waals surface area contributed by atoms with Gasteiger partial charge in [0.2, 0.25) is 5.95 Å². The van der Waals surface area contributed by atoms with Gasteiger partial charge in [-0.15, -0.1) is 0 Å². The summed E-state index contributed by atoms with van der Waals surface area (Å²) in [5.74, 6) is 2.24. The second-order valence-electron chi connectivity index (χ2n) is 6.27. The fourth-order valence-corrected chi connectivity index (χ4v) is 3.25. The number of H-pyrrole nitrogens is 1. The highest BCUT2D eigenvalue weighted by Crippen LogP contribution is 2.29. The van der Waals surface area contributed by atoms with Crippen LogP contribution in [-0.4, -0.2) is 34.6 Å². The normalized spacial score (nSPS) is 15.8. The van der Waals surface area contributed by atoms with E-state index in [1.807, 2.05) is 42.6 Å². The van der Waals surface area contributed by atoms with Gasteiger partial charge in [0.05, 0.1) is 5.39 Å². The second-order valence-corrected chi connectivity index (χ2v) is 6.27. The Labute approximate surface area is 141 Å². The molecule has 0 aliphatic carbocycles. The Hall–Kier alpha value is -2.60. The summed E-state index contributed by atoms with van der Waals surface area (Å²) in [6.07, 6.45) is 4.16. The first kappa shape index (κ1) is 15.0. The van der Waals surface area contributed by atoms with E-state index in [2.05, 4.69) is 20.2 Å². The highest BCUT2D eigenvalue weighted by Gasteiger charge is 2.22. The van der Waals surface area contributed by atoms with Gasteiger partial charge in [-0.1, -0.05) is 18.2 Å². The predicted molar refractivity (Wildman–Crippen MR) is 97.6 cm³/mol. The third kappa shape index (κ3) is 2.92. The fourth-order valence-electron chi connectivity index (χ4n) is 3.25. The summed E-state index contributed by atoms with van der Waals surface area (Å²) in [5, 5.41) is 4.37. The van der Waals surface area contributed by atoms with E-state index in [0.29, 0.717) is 11.9 Å². The first-order chi connectivity index (χ1) is 11.8. The van der Waals surface area contributed by atoms with Gasteiger partial charge in [-0.2, -0.15) is 9.97 Å². The number of anilines is 3. The molecule has 6 nitrogen and oxygen atoms in total. The van der Waals surface area contributed by atoms with Crippen molar-refractivity contribution in [1.82, 2.24) is 15.0 Å². The van der Waals surface area contributed by atoms with Gasteiger partial charge in [0.15, 0.2) is 0 Å². The molecule has 1 fully saturated rings. The molecule has 1 saturated heterocycles. The van der Waals surface area contributed by atoms with E-state index in [0.717, 1.165) is 55.0 Å². The molecule has 0 radical (unpaired) electrons. The Bertz CT molecular complexity index is 805. The first-order valence-electron chi connectivity index (χ1n) is 8.45. The summed E-state index contributed by atoms with van der Waals surface area (Å²) < 4.78 is 0. The minimum atomic E-state index is 0.618. The lowest BCUT2D eigenvalue weighted by Crippen LogP contribution is -2.36. The molecule has 0 saturated carbocycles. The van der Waals surface area contributed by atoms with Crippen molar-refractivity contribution in [3.8, 4) is 0 Å². The van der Waals surface area contributed by atoms with Gasteiger partial charge in [0, 0.05) is 25.0 Å². The summed E-state index contributed by atoms with van der Waals surface area (Å²) in [6.45, 7) is 2.76. The maximum atomic E-state index is 5.81. The van der Waals surface area contributed by atoms with Crippen molar-refractivity contribution in [1.29, 1.82) is 0 Å². The van der Waals surface area contributed by atoms with E-state index in [1.54, 1.807) is 0 Å². The lowest BCUT2D eigenvalue weighted by atomic mass is 9.97. The molecule has 124 valence electrons. The summed E-state index contributed by atoms with van der Waals surface area (Å²) in [5.41, 5.74) is 7.66. The molecule has 24 heavy (non-hydrogen) atoms. The topological polar surface area (TPSA) is 82.9 Å². The van der Waals surface area contributed by atoms with Crippen LogP contribution >= 0.6 is 0 Å². The number of rotatable bonds is 4. The van der Waals surface area contributed by atoms with Crippen LogP contribution in [0.15, 0.2) is 42.6 Å². The van der Waals surface area contributed by atoms with Crippen molar-refractivity contribution in [2.75, 3.05) is 29.9 Å². The molecule has 0 unspecified atom stereocenters. The van der Waals surface area contributed by atoms with E-state index in [1.165, 1.54) is 0 Å². The van der Waals surface area contributed by atoms with E-state index < -0.39 is 0 Å². The average molecular weight is 322 g/mol. The molecule has 3 heterocycles. The number of hydrogen-bond donors (Lipinski definition) is 3. The van der Waals surface area contributed by atoms with Crippen LogP contribution in [0.1, 0.15) is 12.8 Å². The quantitative estimate of drug-likeness (QED) is 0.688. The van der Waals surface area contributed by atoms with Crippen molar-refractivity contribution >= 4 is 28.5 Å². The van der Waals surface area contributed by atoms with E-state index >= 15 is 0 Å². The Morgan fingerprint density at radius 2 is 1.92 bits per heavy atom. The highest BCUT2D eigenvalue weighted by atomic mass is 15.2. The van der Waals surface area contributed by atoms with Crippen molar-refractivity contribution in [2.45, 2.75) is 12.8 Å². The van der Waals surface area contributed by atoms with Gasteiger partial charge < -0.3 is 20.9 Å². The second kappa shape index (κ2) is 6.49. The van der Waals surface area contributed by atoms with Crippen LogP contribution in [0.3, 0.4) is 0 Å². The van der Waals surface area contributed by atoms with E-state index in [9.17, 15) is 0 Å². The predicted octanol–water partition coefficient (Wildman–Crippen LogP) is 2.88. The van der Waals surface area contributed by atoms with Crippen molar-refractivity contribution in [3.05, 3.63) is 42.6 Å². The lowest BCUT2D eigenvalue weighted by Gasteiger charge is -2.32. The molecule has 0 bridgehead atoms. The number of para-hydroxylation sites is 1. The molecule has 1 aliphatic rings. The molecule has 2 aromatic heterocycles. The van der Waals surface area contributed by atoms with Crippen LogP contribution in [0.5, 0.6) is 0 Å². The molecule has 3 aromatic rings. The smallest absolute Gasteiger partial charge is 0.231 e. The van der Waals surface area contributed by atoms with Gasteiger partial charge in [0.1, 0.15) is 11.5 Å². The van der Waals surface area contributed by atoms with Gasteiger partial charge >= 0.3 is 0 Å². The van der Waals surface area contributed by atoms with Crippen molar-refractivity contribution < 1.29 is 0 Å². The lowest BCUT2D eigenvalue weighted by molar-refractivity contribution is 0.413. The number of nitrogens with one attached hydrogen (secondary N) is 2. The number of fused-ring (bicyclic) bond motifs is 1. The van der Waals surface area contributed by atoms with E-state index in [-0.39, 0.29) is 0 Å². The Balaban J connectivity index is 1.65. The maximum absolute atomic E-state index is 5.81. The molecule has 1 aliphatic heterocycles. The summed E-state index contributed by atoms with van der Waals surface area (Å²) >= 11 is 0. The van der Waals surface area contributed by atoms with Gasteiger partial charge in [-0.05, 0) is 43.5 Å². The van der Waals surface area contributed by atoms with Crippen molar-refractivity contribution in [2.24, 2.45) is 11.7 Å². The Kier molecular flexibility index (Phi) is 4.04. The average Bonchev–Trinajstić information content (AvgIpc) is 3.10. The molecule has 1 aromatic carbocycles. The minimum absolute atomic E-state index is 0.618. The SMILES string of the molecule is NCC1CCN(c2nc(Nc3ccccc3)nc3[nH]ccc23)CC1. The summed E-state index contributed by atoms with van der Waals surface area (Å²) in [6, 6.07) is 12.0. The van der Waals surface area contributed by atoms with Crippen LogP contribution in [0, 0.1) is 5.92 Å². The van der Waals surface area contributed by atoms with Crippen LogP contribution in [0.25, 0.3) is 11.0 Å². The van der Waals surface area contributed by atoms with Crippen LogP contribution in [0.2, 0.25) is 0 Å². The molecule has 4 N–H and O–H groups in total. The highest BCUT2D eigenvalue weighted by molar-refractivity contribution is 5.89.